The quantitative estimate of drug-likeness (QED) is 0.392. The van der Waals surface area contributed by atoms with Gasteiger partial charge in [-0.3, -0.25) is 14.4 Å². The van der Waals surface area contributed by atoms with Crippen molar-refractivity contribution in [3.05, 3.63) is 105 Å². The number of hydrogen-bond acceptors (Lipinski definition) is 4. The number of aliphatic hydroxyl groups is 1. The SMILES string of the molecule is O=C(CNC(=O)[C@@H]1c2ccccc2C(=O)N([C@H]2CC[C@H](O)CC2)[C@H]1c1ccc(Cl)cc1Cl)c1ccccc1. The first kappa shape index (κ1) is 26.4. The van der Waals surface area contributed by atoms with Crippen molar-refractivity contribution < 1.29 is 19.5 Å². The van der Waals surface area contributed by atoms with Crippen molar-refractivity contribution in [3.8, 4) is 0 Å². The number of halogens is 2. The van der Waals surface area contributed by atoms with Crippen LogP contribution in [0.25, 0.3) is 0 Å². The molecule has 6 nitrogen and oxygen atoms in total. The zero-order valence-corrected chi connectivity index (χ0v) is 22.2. The maximum Gasteiger partial charge on any atom is 0.254 e. The van der Waals surface area contributed by atoms with Crippen molar-refractivity contribution in [2.45, 2.75) is 49.8 Å². The number of carbonyl (C=O) groups is 3. The Balaban J connectivity index is 1.57. The summed E-state index contributed by atoms with van der Waals surface area (Å²) in [5, 5.41) is 13.8. The van der Waals surface area contributed by atoms with E-state index in [4.69, 9.17) is 23.2 Å². The molecule has 1 fully saturated rings. The molecule has 0 saturated heterocycles. The van der Waals surface area contributed by atoms with Crippen molar-refractivity contribution in [1.29, 1.82) is 0 Å². The summed E-state index contributed by atoms with van der Waals surface area (Å²) in [5.74, 6) is -1.56. The molecule has 2 amide bonds. The number of fused-ring (bicyclic) bond motifs is 1. The number of nitrogens with zero attached hydrogens (tertiary/aromatic N) is 1. The molecule has 2 N–H and O–H groups in total. The zero-order valence-electron chi connectivity index (χ0n) is 20.6. The number of benzene rings is 3. The number of amides is 2. The van der Waals surface area contributed by atoms with Crippen LogP contribution in [-0.2, 0) is 4.79 Å². The lowest BCUT2D eigenvalue weighted by molar-refractivity contribution is -0.124. The molecule has 3 aromatic carbocycles. The Labute approximate surface area is 231 Å². The van der Waals surface area contributed by atoms with E-state index in [2.05, 4.69) is 5.32 Å². The van der Waals surface area contributed by atoms with Crippen molar-refractivity contribution in [2.75, 3.05) is 6.54 Å². The third-order valence-electron chi connectivity index (χ3n) is 7.52. The lowest BCUT2D eigenvalue weighted by Gasteiger charge is -2.47. The first-order valence-electron chi connectivity index (χ1n) is 12.8. The molecule has 1 aliphatic carbocycles. The van der Waals surface area contributed by atoms with Gasteiger partial charge in [0.05, 0.1) is 24.6 Å². The van der Waals surface area contributed by atoms with Gasteiger partial charge in [-0.05, 0) is 55.0 Å². The molecular weight excluding hydrogens is 523 g/mol. The van der Waals surface area contributed by atoms with Gasteiger partial charge in [0.25, 0.3) is 5.91 Å². The number of Topliss-reactive ketones (excluding diaryl/α,β-unsaturated/α-hetero) is 1. The average molecular weight is 551 g/mol. The van der Waals surface area contributed by atoms with Gasteiger partial charge in [-0.25, -0.2) is 0 Å². The molecule has 5 rings (SSSR count). The monoisotopic (exact) mass is 550 g/mol. The first-order valence-corrected chi connectivity index (χ1v) is 13.5. The number of aliphatic hydroxyl groups excluding tert-OH is 1. The Morgan fingerprint density at radius 1 is 0.895 bits per heavy atom. The normalized spacial score (nSPS) is 23.0. The van der Waals surface area contributed by atoms with Crippen LogP contribution in [0.3, 0.4) is 0 Å². The van der Waals surface area contributed by atoms with Gasteiger partial charge in [0.2, 0.25) is 5.91 Å². The van der Waals surface area contributed by atoms with E-state index in [1.54, 1.807) is 71.6 Å². The molecule has 1 aliphatic heterocycles. The van der Waals surface area contributed by atoms with Gasteiger partial charge in [-0.2, -0.15) is 0 Å². The van der Waals surface area contributed by atoms with Crippen LogP contribution >= 0.6 is 23.2 Å². The van der Waals surface area contributed by atoms with Crippen LogP contribution in [0.1, 0.15) is 69.5 Å². The molecule has 1 saturated carbocycles. The summed E-state index contributed by atoms with van der Waals surface area (Å²) in [7, 11) is 0. The largest absolute Gasteiger partial charge is 0.393 e. The van der Waals surface area contributed by atoms with Gasteiger partial charge >= 0.3 is 0 Å². The third-order valence-corrected chi connectivity index (χ3v) is 8.08. The molecule has 0 unspecified atom stereocenters. The minimum Gasteiger partial charge on any atom is -0.393 e. The maximum atomic E-state index is 14.0. The molecule has 0 spiro atoms. The summed E-state index contributed by atoms with van der Waals surface area (Å²) in [4.78, 5) is 42.5. The third kappa shape index (κ3) is 5.21. The molecular formula is C30H28Cl2N2O4. The highest BCUT2D eigenvalue weighted by Crippen LogP contribution is 2.47. The second kappa shape index (κ2) is 11.3. The summed E-state index contributed by atoms with van der Waals surface area (Å²) < 4.78 is 0. The second-order valence-corrected chi connectivity index (χ2v) is 10.7. The molecule has 0 aromatic heterocycles. The lowest BCUT2D eigenvalue weighted by atomic mass is 9.77. The number of nitrogens with one attached hydrogen (secondary N) is 1. The average Bonchev–Trinajstić information content (AvgIpc) is 2.93. The van der Waals surface area contributed by atoms with Crippen LogP contribution in [0.15, 0.2) is 72.8 Å². The fourth-order valence-corrected chi connectivity index (χ4v) is 6.17. The molecule has 196 valence electrons. The molecule has 2 atom stereocenters. The second-order valence-electron chi connectivity index (χ2n) is 9.86. The van der Waals surface area contributed by atoms with E-state index in [9.17, 15) is 19.5 Å². The minimum atomic E-state index is -0.807. The molecule has 38 heavy (non-hydrogen) atoms. The van der Waals surface area contributed by atoms with Crippen molar-refractivity contribution in [2.24, 2.45) is 0 Å². The Bertz CT molecular complexity index is 1360. The van der Waals surface area contributed by atoms with Gasteiger partial charge < -0.3 is 15.3 Å². The predicted molar refractivity (Wildman–Crippen MR) is 147 cm³/mol. The van der Waals surface area contributed by atoms with Gasteiger partial charge in [0.15, 0.2) is 5.78 Å². The van der Waals surface area contributed by atoms with Crippen LogP contribution in [0, 0.1) is 0 Å². The van der Waals surface area contributed by atoms with Crippen LogP contribution in [0.5, 0.6) is 0 Å². The van der Waals surface area contributed by atoms with Crippen molar-refractivity contribution >= 4 is 40.8 Å². The van der Waals surface area contributed by atoms with Crippen molar-refractivity contribution in [1.82, 2.24) is 10.2 Å². The molecule has 0 bridgehead atoms. The Morgan fingerprint density at radius 2 is 1.58 bits per heavy atom. The molecule has 1 heterocycles. The van der Waals surface area contributed by atoms with E-state index >= 15 is 0 Å². The van der Waals surface area contributed by atoms with E-state index in [1.165, 1.54) is 0 Å². The molecule has 3 aromatic rings. The highest BCUT2D eigenvalue weighted by Gasteiger charge is 2.47. The summed E-state index contributed by atoms with van der Waals surface area (Å²) in [6.07, 6.45) is 1.95. The fraction of sp³-hybridized carbons (Fsp3) is 0.300. The Hall–Kier alpha value is -3.19. The summed E-state index contributed by atoms with van der Waals surface area (Å²) in [6, 6.07) is 20.1. The van der Waals surface area contributed by atoms with Crippen LogP contribution in [0.4, 0.5) is 0 Å². The number of rotatable bonds is 6. The van der Waals surface area contributed by atoms with Gasteiger partial charge in [-0.1, -0.05) is 77.8 Å². The van der Waals surface area contributed by atoms with E-state index in [-0.39, 0.29) is 30.2 Å². The Kier molecular flexibility index (Phi) is 7.84. The minimum absolute atomic E-state index is 0.174. The predicted octanol–water partition coefficient (Wildman–Crippen LogP) is 5.58. The smallest absolute Gasteiger partial charge is 0.254 e. The van der Waals surface area contributed by atoms with Crippen LogP contribution < -0.4 is 5.32 Å². The Morgan fingerprint density at radius 3 is 2.29 bits per heavy atom. The summed E-state index contributed by atoms with van der Waals surface area (Å²) in [5.41, 5.74) is 2.16. The maximum absolute atomic E-state index is 14.0. The standard InChI is InChI=1S/C30H28Cl2N2O4/c31-19-10-15-24(25(32)16-19)28-27(29(37)33-17-26(36)18-6-2-1-3-7-18)22-8-4-5-9-23(22)30(38)34(28)20-11-13-21(35)14-12-20/h1-10,15-16,20-21,27-28,35H,11-14,17H2,(H,33,37)/t20-,21-,27-,28+/m1/s1. The highest BCUT2D eigenvalue weighted by atomic mass is 35.5. The first-order chi connectivity index (χ1) is 18.3. The zero-order chi connectivity index (χ0) is 26.8. The number of hydrogen-bond donors (Lipinski definition) is 2. The lowest BCUT2D eigenvalue weighted by Crippen LogP contribution is -2.52. The number of carbonyl (C=O) groups excluding carboxylic acids is 3. The number of ketones is 1. The molecule has 8 heteroatoms. The van der Waals surface area contributed by atoms with E-state index in [1.807, 2.05) is 6.07 Å². The van der Waals surface area contributed by atoms with Gasteiger partial charge in [0, 0.05) is 27.2 Å². The van der Waals surface area contributed by atoms with Crippen LogP contribution in [-0.4, -0.2) is 46.3 Å². The van der Waals surface area contributed by atoms with E-state index < -0.39 is 18.1 Å². The topological polar surface area (TPSA) is 86.7 Å². The summed E-state index contributed by atoms with van der Waals surface area (Å²) >= 11 is 12.9. The highest BCUT2D eigenvalue weighted by molar-refractivity contribution is 6.35. The molecule has 2 aliphatic rings. The van der Waals surface area contributed by atoms with E-state index in [0.717, 1.165) is 0 Å². The van der Waals surface area contributed by atoms with Crippen molar-refractivity contribution in [3.63, 3.8) is 0 Å². The fourth-order valence-electron chi connectivity index (χ4n) is 5.65. The van der Waals surface area contributed by atoms with Gasteiger partial charge in [-0.15, -0.1) is 0 Å². The summed E-state index contributed by atoms with van der Waals surface area (Å²) in [6.45, 7) is -0.174. The molecule has 0 radical (unpaired) electrons. The van der Waals surface area contributed by atoms with E-state index in [0.29, 0.717) is 58.0 Å². The van der Waals surface area contributed by atoms with Gasteiger partial charge in [0.1, 0.15) is 0 Å². The van der Waals surface area contributed by atoms with Crippen LogP contribution in [0.2, 0.25) is 10.0 Å².